The zero-order valence-electron chi connectivity index (χ0n) is 14.1. The first kappa shape index (κ1) is 17.0. The predicted molar refractivity (Wildman–Crippen MR) is 85.2 cm³/mol. The van der Waals surface area contributed by atoms with Crippen molar-refractivity contribution in [1.82, 2.24) is 0 Å². The Morgan fingerprint density at radius 1 is 0.950 bits per heavy atom. The van der Waals surface area contributed by atoms with Gasteiger partial charge in [0.25, 0.3) is 0 Å². The fourth-order valence-electron chi connectivity index (χ4n) is 2.46. The van der Waals surface area contributed by atoms with E-state index in [1.54, 1.807) is 7.11 Å². The summed E-state index contributed by atoms with van der Waals surface area (Å²) >= 11 is 0. The molecular weight excluding hydrogens is 248 g/mol. The molecule has 0 N–H and O–H groups in total. The molecule has 0 spiro atoms. The molecule has 0 aliphatic carbocycles. The normalized spacial score (nSPS) is 14.2. The first-order valence-electron chi connectivity index (χ1n) is 7.35. The summed E-state index contributed by atoms with van der Waals surface area (Å²) in [5, 5.41) is 0. The van der Waals surface area contributed by atoms with E-state index in [-0.39, 0.29) is 5.41 Å². The van der Waals surface area contributed by atoms with Crippen LogP contribution >= 0.6 is 0 Å². The summed E-state index contributed by atoms with van der Waals surface area (Å²) in [6, 6.07) is 8.45. The molecule has 1 unspecified atom stereocenters. The third kappa shape index (κ3) is 5.54. The van der Waals surface area contributed by atoms with Gasteiger partial charge in [-0.1, -0.05) is 53.7 Å². The maximum absolute atomic E-state index is 5.45. The second kappa shape index (κ2) is 6.62. The van der Waals surface area contributed by atoms with Gasteiger partial charge in [-0.05, 0) is 40.9 Å². The van der Waals surface area contributed by atoms with Crippen molar-refractivity contribution >= 4 is 0 Å². The SMILES string of the molecule is COCOc1ccc(C(CC(C)(C)C)C(C)(C)C)cc1. The Hall–Kier alpha value is -1.02. The van der Waals surface area contributed by atoms with Crippen molar-refractivity contribution in [3.63, 3.8) is 0 Å². The zero-order chi connectivity index (χ0) is 15.4. The number of hydrogen-bond acceptors (Lipinski definition) is 2. The van der Waals surface area contributed by atoms with Crippen LogP contribution in [-0.4, -0.2) is 13.9 Å². The third-order valence-electron chi connectivity index (χ3n) is 3.49. The Kier molecular flexibility index (Phi) is 5.64. The topological polar surface area (TPSA) is 18.5 Å². The molecule has 1 aromatic rings. The van der Waals surface area contributed by atoms with Crippen LogP contribution in [0.3, 0.4) is 0 Å². The van der Waals surface area contributed by atoms with Crippen LogP contribution in [0.5, 0.6) is 5.75 Å². The average Bonchev–Trinajstić information content (AvgIpc) is 2.32. The fourth-order valence-corrected chi connectivity index (χ4v) is 2.46. The van der Waals surface area contributed by atoms with E-state index in [1.165, 1.54) is 12.0 Å². The lowest BCUT2D eigenvalue weighted by Gasteiger charge is -2.36. The van der Waals surface area contributed by atoms with Gasteiger partial charge in [0.05, 0.1) is 0 Å². The minimum absolute atomic E-state index is 0.252. The average molecular weight is 278 g/mol. The minimum atomic E-state index is 0.252. The summed E-state index contributed by atoms with van der Waals surface area (Å²) in [4.78, 5) is 0. The van der Waals surface area contributed by atoms with Gasteiger partial charge in [0.15, 0.2) is 6.79 Å². The van der Waals surface area contributed by atoms with Crippen molar-refractivity contribution in [2.75, 3.05) is 13.9 Å². The Morgan fingerprint density at radius 2 is 1.50 bits per heavy atom. The molecule has 2 heteroatoms. The number of rotatable bonds is 5. The van der Waals surface area contributed by atoms with Gasteiger partial charge in [-0.2, -0.15) is 0 Å². The molecule has 114 valence electrons. The lowest BCUT2D eigenvalue weighted by atomic mass is 9.69. The van der Waals surface area contributed by atoms with Crippen molar-refractivity contribution < 1.29 is 9.47 Å². The number of benzene rings is 1. The molecular formula is C18H30O2. The fraction of sp³-hybridized carbons (Fsp3) is 0.667. The largest absolute Gasteiger partial charge is 0.468 e. The van der Waals surface area contributed by atoms with Gasteiger partial charge in [0.2, 0.25) is 0 Å². The van der Waals surface area contributed by atoms with Crippen LogP contribution in [0, 0.1) is 10.8 Å². The van der Waals surface area contributed by atoms with Gasteiger partial charge < -0.3 is 9.47 Å². The van der Waals surface area contributed by atoms with E-state index in [0.717, 1.165) is 5.75 Å². The summed E-state index contributed by atoms with van der Waals surface area (Å²) in [6.45, 7) is 14.2. The van der Waals surface area contributed by atoms with E-state index >= 15 is 0 Å². The minimum Gasteiger partial charge on any atom is -0.468 e. The van der Waals surface area contributed by atoms with Crippen molar-refractivity contribution in [1.29, 1.82) is 0 Å². The molecule has 0 saturated heterocycles. The standard InChI is InChI=1S/C18H30O2/c1-17(2,3)12-16(18(4,5)6)14-8-10-15(11-9-14)20-13-19-7/h8-11,16H,12-13H2,1-7H3. The smallest absolute Gasteiger partial charge is 0.188 e. The van der Waals surface area contributed by atoms with Crippen molar-refractivity contribution in [3.8, 4) is 5.75 Å². The van der Waals surface area contributed by atoms with Crippen LogP contribution in [0.1, 0.15) is 59.4 Å². The highest BCUT2D eigenvalue weighted by Crippen LogP contribution is 2.43. The monoisotopic (exact) mass is 278 g/mol. The van der Waals surface area contributed by atoms with Gasteiger partial charge in [0, 0.05) is 7.11 Å². The first-order valence-corrected chi connectivity index (χ1v) is 7.35. The van der Waals surface area contributed by atoms with E-state index in [4.69, 9.17) is 9.47 Å². The van der Waals surface area contributed by atoms with Gasteiger partial charge in [-0.15, -0.1) is 0 Å². The molecule has 0 aliphatic heterocycles. The number of methoxy groups -OCH3 is 1. The van der Waals surface area contributed by atoms with Crippen molar-refractivity contribution in [2.24, 2.45) is 10.8 Å². The van der Waals surface area contributed by atoms with Crippen LogP contribution in [0.4, 0.5) is 0 Å². The molecule has 1 atom stereocenters. The van der Waals surface area contributed by atoms with E-state index in [9.17, 15) is 0 Å². The van der Waals surface area contributed by atoms with Gasteiger partial charge in [-0.25, -0.2) is 0 Å². The molecule has 1 rings (SSSR count). The molecule has 0 aliphatic rings. The van der Waals surface area contributed by atoms with Gasteiger partial charge in [0.1, 0.15) is 5.75 Å². The highest BCUT2D eigenvalue weighted by atomic mass is 16.7. The van der Waals surface area contributed by atoms with Crippen LogP contribution < -0.4 is 4.74 Å². The molecule has 0 aromatic heterocycles. The van der Waals surface area contributed by atoms with E-state index in [1.807, 2.05) is 12.1 Å². The van der Waals surface area contributed by atoms with Crippen LogP contribution in [0.2, 0.25) is 0 Å². The first-order chi connectivity index (χ1) is 9.13. The van der Waals surface area contributed by atoms with E-state index in [0.29, 0.717) is 18.1 Å². The quantitative estimate of drug-likeness (QED) is 0.686. The Labute approximate surface area is 124 Å². The lowest BCUT2D eigenvalue weighted by Crippen LogP contribution is -2.23. The van der Waals surface area contributed by atoms with Crippen molar-refractivity contribution in [2.45, 2.75) is 53.9 Å². The van der Waals surface area contributed by atoms with Gasteiger partial charge >= 0.3 is 0 Å². The highest BCUT2D eigenvalue weighted by Gasteiger charge is 2.30. The lowest BCUT2D eigenvalue weighted by molar-refractivity contribution is 0.0511. The molecule has 0 radical (unpaired) electrons. The third-order valence-corrected chi connectivity index (χ3v) is 3.49. The number of hydrogen-bond donors (Lipinski definition) is 0. The molecule has 0 fully saturated rings. The van der Waals surface area contributed by atoms with E-state index in [2.05, 4.69) is 53.7 Å². The molecule has 2 nitrogen and oxygen atoms in total. The Balaban J connectivity index is 2.91. The summed E-state index contributed by atoms with van der Waals surface area (Å²) < 4.78 is 10.4. The predicted octanol–water partition coefficient (Wildman–Crippen LogP) is 5.24. The molecule has 20 heavy (non-hydrogen) atoms. The second-order valence-corrected chi connectivity index (χ2v) is 7.80. The summed E-state index contributed by atoms with van der Waals surface area (Å²) in [7, 11) is 1.63. The molecule has 1 aromatic carbocycles. The number of ether oxygens (including phenoxy) is 2. The maximum atomic E-state index is 5.45. The molecule has 0 bridgehead atoms. The summed E-state index contributed by atoms with van der Waals surface area (Å²) in [6.07, 6.45) is 1.18. The summed E-state index contributed by atoms with van der Waals surface area (Å²) in [5.41, 5.74) is 1.96. The second-order valence-electron chi connectivity index (χ2n) is 7.80. The van der Waals surface area contributed by atoms with E-state index < -0.39 is 0 Å². The summed E-state index contributed by atoms with van der Waals surface area (Å²) in [5.74, 6) is 1.40. The maximum Gasteiger partial charge on any atom is 0.188 e. The Morgan fingerprint density at radius 3 is 1.90 bits per heavy atom. The Bertz CT molecular complexity index is 393. The van der Waals surface area contributed by atoms with Crippen molar-refractivity contribution in [3.05, 3.63) is 29.8 Å². The molecule has 0 heterocycles. The van der Waals surface area contributed by atoms with Crippen LogP contribution in [0.15, 0.2) is 24.3 Å². The van der Waals surface area contributed by atoms with Gasteiger partial charge in [-0.3, -0.25) is 0 Å². The molecule has 0 saturated carbocycles. The molecule has 0 amide bonds. The van der Waals surface area contributed by atoms with Crippen LogP contribution in [-0.2, 0) is 4.74 Å². The zero-order valence-corrected chi connectivity index (χ0v) is 14.1. The highest BCUT2D eigenvalue weighted by molar-refractivity contribution is 5.30. The van der Waals surface area contributed by atoms with Crippen LogP contribution in [0.25, 0.3) is 0 Å².